The summed E-state index contributed by atoms with van der Waals surface area (Å²) in [6.45, 7) is 2.34. The van der Waals surface area contributed by atoms with E-state index in [0.29, 0.717) is 13.2 Å². The number of benzene rings is 2. The first kappa shape index (κ1) is 18.0. The molecule has 134 valence electrons. The van der Waals surface area contributed by atoms with Crippen molar-refractivity contribution >= 4 is 0 Å². The smallest absolute Gasteiger partial charge is 0.184 e. The van der Waals surface area contributed by atoms with Gasteiger partial charge in [0.1, 0.15) is 18.3 Å². The maximum Gasteiger partial charge on any atom is 0.184 e. The number of hydrogen-bond donors (Lipinski definition) is 2. The predicted octanol–water partition coefficient (Wildman–Crippen LogP) is 2.26. The van der Waals surface area contributed by atoms with Crippen LogP contribution in [0.4, 0.5) is 0 Å². The van der Waals surface area contributed by atoms with Gasteiger partial charge in [-0.3, -0.25) is 0 Å². The average Bonchev–Trinajstić information content (AvgIpc) is 2.64. The molecule has 0 bridgehead atoms. The van der Waals surface area contributed by atoms with Crippen LogP contribution in [-0.2, 0) is 27.4 Å². The maximum absolute atomic E-state index is 10.5. The molecule has 0 amide bonds. The average molecular weight is 344 g/mol. The Morgan fingerprint density at radius 2 is 1.28 bits per heavy atom. The lowest BCUT2D eigenvalue weighted by molar-refractivity contribution is -0.300. The summed E-state index contributed by atoms with van der Waals surface area (Å²) in [4.78, 5) is 0. The van der Waals surface area contributed by atoms with Crippen molar-refractivity contribution in [3.63, 3.8) is 0 Å². The van der Waals surface area contributed by atoms with E-state index >= 15 is 0 Å². The Balaban J connectivity index is 1.67. The Kier molecular flexibility index (Phi) is 6.18. The SMILES string of the molecule is C[C@H]1O[C@H](O)[C@H](OCc2ccccc2)[C@@H](OCc2ccccc2)[C@H]1O. The molecule has 5 atom stereocenters. The fraction of sp³-hybridized carbons (Fsp3) is 0.400. The van der Waals surface area contributed by atoms with Crippen molar-refractivity contribution in [2.24, 2.45) is 0 Å². The molecule has 2 aromatic carbocycles. The predicted molar refractivity (Wildman–Crippen MR) is 92.6 cm³/mol. The fourth-order valence-corrected chi connectivity index (χ4v) is 2.91. The first-order valence-electron chi connectivity index (χ1n) is 8.48. The van der Waals surface area contributed by atoms with E-state index in [2.05, 4.69) is 0 Å². The highest BCUT2D eigenvalue weighted by molar-refractivity contribution is 5.14. The summed E-state index contributed by atoms with van der Waals surface area (Å²) in [5, 5.41) is 20.7. The lowest BCUT2D eigenvalue weighted by atomic mass is 9.99. The van der Waals surface area contributed by atoms with Gasteiger partial charge in [0.05, 0.1) is 19.3 Å². The van der Waals surface area contributed by atoms with E-state index in [4.69, 9.17) is 14.2 Å². The molecule has 2 N–H and O–H groups in total. The molecule has 0 unspecified atom stereocenters. The van der Waals surface area contributed by atoms with E-state index < -0.39 is 30.7 Å². The molecular weight excluding hydrogens is 320 g/mol. The minimum atomic E-state index is -1.15. The molecule has 0 aromatic heterocycles. The standard InChI is InChI=1S/C20H24O5/c1-14-17(21)18(23-12-15-8-4-2-5-9-15)19(20(22)25-14)24-13-16-10-6-3-7-11-16/h2-11,14,17-22H,12-13H2,1H3/t14-,17+,18+,19-,20+/m1/s1. The minimum absolute atomic E-state index is 0.304. The van der Waals surface area contributed by atoms with Crippen LogP contribution in [0, 0.1) is 0 Å². The van der Waals surface area contributed by atoms with Crippen LogP contribution in [0.2, 0.25) is 0 Å². The summed E-state index contributed by atoms with van der Waals surface area (Å²) in [5.74, 6) is 0. The van der Waals surface area contributed by atoms with Crippen molar-refractivity contribution in [2.75, 3.05) is 0 Å². The minimum Gasteiger partial charge on any atom is -0.388 e. The Labute approximate surface area is 147 Å². The van der Waals surface area contributed by atoms with Crippen molar-refractivity contribution in [1.82, 2.24) is 0 Å². The van der Waals surface area contributed by atoms with Crippen molar-refractivity contribution in [2.45, 2.75) is 50.8 Å². The van der Waals surface area contributed by atoms with Gasteiger partial charge in [0.25, 0.3) is 0 Å². The molecular formula is C20H24O5. The Morgan fingerprint density at radius 3 is 1.80 bits per heavy atom. The summed E-state index contributed by atoms with van der Waals surface area (Å²) < 4.78 is 17.1. The number of aliphatic hydroxyl groups is 2. The highest BCUT2D eigenvalue weighted by Crippen LogP contribution is 2.26. The highest BCUT2D eigenvalue weighted by atomic mass is 16.7. The molecule has 1 saturated heterocycles. The number of rotatable bonds is 6. The molecule has 0 spiro atoms. The third-order valence-electron chi connectivity index (χ3n) is 4.35. The van der Waals surface area contributed by atoms with Crippen LogP contribution >= 0.6 is 0 Å². The summed E-state index contributed by atoms with van der Waals surface area (Å²) in [6.07, 6.45) is -4.01. The lowest BCUT2D eigenvalue weighted by Gasteiger charge is -2.41. The molecule has 1 heterocycles. The van der Waals surface area contributed by atoms with Gasteiger partial charge in [-0.15, -0.1) is 0 Å². The highest BCUT2D eigenvalue weighted by Gasteiger charge is 2.44. The second kappa shape index (κ2) is 8.56. The van der Waals surface area contributed by atoms with E-state index in [1.165, 1.54) is 0 Å². The first-order valence-corrected chi connectivity index (χ1v) is 8.48. The van der Waals surface area contributed by atoms with Crippen LogP contribution in [0.15, 0.2) is 60.7 Å². The van der Waals surface area contributed by atoms with E-state index in [0.717, 1.165) is 11.1 Å². The van der Waals surface area contributed by atoms with Crippen LogP contribution in [0.5, 0.6) is 0 Å². The van der Waals surface area contributed by atoms with Crippen molar-refractivity contribution in [3.8, 4) is 0 Å². The zero-order valence-electron chi connectivity index (χ0n) is 14.2. The third-order valence-corrected chi connectivity index (χ3v) is 4.35. The fourth-order valence-electron chi connectivity index (χ4n) is 2.91. The third kappa shape index (κ3) is 4.66. The van der Waals surface area contributed by atoms with Crippen LogP contribution in [0.3, 0.4) is 0 Å². The molecule has 0 aliphatic carbocycles. The molecule has 3 rings (SSSR count). The molecule has 0 radical (unpaired) electrons. The lowest BCUT2D eigenvalue weighted by Crippen LogP contribution is -2.58. The summed E-state index contributed by atoms with van der Waals surface area (Å²) >= 11 is 0. The largest absolute Gasteiger partial charge is 0.388 e. The number of aliphatic hydroxyl groups excluding tert-OH is 2. The molecule has 2 aromatic rings. The van der Waals surface area contributed by atoms with Gasteiger partial charge in [0, 0.05) is 0 Å². The van der Waals surface area contributed by atoms with E-state index in [1.54, 1.807) is 6.92 Å². The Hall–Kier alpha value is -1.76. The van der Waals surface area contributed by atoms with Crippen LogP contribution in [0.25, 0.3) is 0 Å². The van der Waals surface area contributed by atoms with Crippen molar-refractivity contribution in [3.05, 3.63) is 71.8 Å². The quantitative estimate of drug-likeness (QED) is 0.841. The van der Waals surface area contributed by atoms with Gasteiger partial charge in [0.15, 0.2) is 6.29 Å². The van der Waals surface area contributed by atoms with Gasteiger partial charge in [0.2, 0.25) is 0 Å². The Morgan fingerprint density at radius 1 is 0.800 bits per heavy atom. The van der Waals surface area contributed by atoms with Gasteiger partial charge < -0.3 is 24.4 Å². The molecule has 1 aliphatic rings. The van der Waals surface area contributed by atoms with Gasteiger partial charge in [-0.05, 0) is 18.1 Å². The molecule has 0 saturated carbocycles. The zero-order chi connectivity index (χ0) is 17.6. The van der Waals surface area contributed by atoms with Crippen LogP contribution in [0.1, 0.15) is 18.1 Å². The maximum atomic E-state index is 10.5. The monoisotopic (exact) mass is 344 g/mol. The second-order valence-electron chi connectivity index (χ2n) is 6.24. The molecule has 1 aliphatic heterocycles. The van der Waals surface area contributed by atoms with Crippen molar-refractivity contribution < 1.29 is 24.4 Å². The molecule has 5 heteroatoms. The topological polar surface area (TPSA) is 68.2 Å². The molecule has 1 fully saturated rings. The molecule has 5 nitrogen and oxygen atoms in total. The van der Waals surface area contributed by atoms with Crippen molar-refractivity contribution in [1.29, 1.82) is 0 Å². The summed E-state index contributed by atoms with van der Waals surface area (Å²) in [7, 11) is 0. The first-order chi connectivity index (χ1) is 12.1. The Bertz CT molecular complexity index is 633. The summed E-state index contributed by atoms with van der Waals surface area (Å²) in [5.41, 5.74) is 1.97. The van der Waals surface area contributed by atoms with Gasteiger partial charge >= 0.3 is 0 Å². The van der Waals surface area contributed by atoms with Gasteiger partial charge in [-0.25, -0.2) is 0 Å². The van der Waals surface area contributed by atoms with E-state index in [-0.39, 0.29) is 0 Å². The van der Waals surface area contributed by atoms with Gasteiger partial charge in [-0.1, -0.05) is 60.7 Å². The summed E-state index contributed by atoms with van der Waals surface area (Å²) in [6, 6.07) is 19.4. The zero-order valence-corrected chi connectivity index (χ0v) is 14.2. The van der Waals surface area contributed by atoms with E-state index in [9.17, 15) is 10.2 Å². The molecule has 25 heavy (non-hydrogen) atoms. The normalized spacial score (nSPS) is 29.5. The van der Waals surface area contributed by atoms with Crippen LogP contribution in [-0.4, -0.2) is 40.9 Å². The van der Waals surface area contributed by atoms with Crippen LogP contribution < -0.4 is 0 Å². The second-order valence-corrected chi connectivity index (χ2v) is 6.24. The van der Waals surface area contributed by atoms with E-state index in [1.807, 2.05) is 60.7 Å². The van der Waals surface area contributed by atoms with Gasteiger partial charge in [-0.2, -0.15) is 0 Å². The number of ether oxygens (including phenoxy) is 3. The number of hydrogen-bond acceptors (Lipinski definition) is 5.